The quantitative estimate of drug-likeness (QED) is 0.663. The summed E-state index contributed by atoms with van der Waals surface area (Å²) in [5.41, 5.74) is 1.36. The molecule has 1 aromatic carbocycles. The molecule has 0 radical (unpaired) electrons. The first-order valence-corrected chi connectivity index (χ1v) is 10.3. The topological polar surface area (TPSA) is 0 Å². The molecular weight excluding hydrogens is 252 g/mol. The standard InChI is InChI=1S/C16H22SSi/c1-4-18(5-2,6-3)16-13-12-15(17-16)14-10-8-7-9-11-14/h7-13H,4-6H2,1-3H3. The van der Waals surface area contributed by atoms with E-state index < -0.39 is 8.07 Å². The normalized spacial score (nSPS) is 11.7. The Balaban J connectivity index is 2.36. The lowest BCUT2D eigenvalue weighted by Gasteiger charge is -2.26. The van der Waals surface area contributed by atoms with Crippen molar-refractivity contribution in [2.45, 2.75) is 38.9 Å². The molecule has 0 aliphatic heterocycles. The van der Waals surface area contributed by atoms with Crippen LogP contribution < -0.4 is 4.50 Å². The van der Waals surface area contributed by atoms with Gasteiger partial charge in [-0.05, 0) is 16.1 Å². The molecule has 0 saturated heterocycles. The van der Waals surface area contributed by atoms with E-state index in [2.05, 4.69) is 63.2 Å². The third kappa shape index (κ3) is 2.45. The Morgan fingerprint density at radius 3 is 2.00 bits per heavy atom. The Kier molecular flexibility index (Phi) is 4.41. The first-order valence-electron chi connectivity index (χ1n) is 6.91. The molecule has 0 aliphatic carbocycles. The highest BCUT2D eigenvalue weighted by Gasteiger charge is 2.30. The number of thiophene rings is 1. The summed E-state index contributed by atoms with van der Waals surface area (Å²) in [5.74, 6) is 0. The van der Waals surface area contributed by atoms with Gasteiger partial charge in [0.05, 0.1) is 8.07 Å². The van der Waals surface area contributed by atoms with Crippen LogP contribution in [0.5, 0.6) is 0 Å². The molecule has 0 atom stereocenters. The molecule has 0 aliphatic rings. The van der Waals surface area contributed by atoms with E-state index in [1.165, 1.54) is 28.6 Å². The number of rotatable bonds is 5. The van der Waals surface area contributed by atoms with Crippen LogP contribution in [0.1, 0.15) is 20.8 Å². The van der Waals surface area contributed by atoms with Crippen molar-refractivity contribution >= 4 is 23.9 Å². The van der Waals surface area contributed by atoms with Gasteiger partial charge in [0.1, 0.15) is 0 Å². The molecule has 2 aromatic rings. The van der Waals surface area contributed by atoms with Crippen molar-refractivity contribution in [3.8, 4) is 10.4 Å². The molecular formula is C16H22SSi. The molecule has 0 unspecified atom stereocenters. The fourth-order valence-electron chi connectivity index (χ4n) is 2.65. The van der Waals surface area contributed by atoms with Gasteiger partial charge in [0.25, 0.3) is 0 Å². The van der Waals surface area contributed by atoms with Crippen LogP contribution in [0.15, 0.2) is 42.5 Å². The summed E-state index contributed by atoms with van der Waals surface area (Å²) in [6.07, 6.45) is 0. The molecule has 0 saturated carbocycles. The van der Waals surface area contributed by atoms with Crippen molar-refractivity contribution in [2.75, 3.05) is 0 Å². The van der Waals surface area contributed by atoms with Crippen LogP contribution in [0.2, 0.25) is 18.1 Å². The van der Waals surface area contributed by atoms with Crippen LogP contribution in [0, 0.1) is 0 Å². The zero-order valence-corrected chi connectivity index (χ0v) is 13.4. The van der Waals surface area contributed by atoms with Gasteiger partial charge in [-0.25, -0.2) is 0 Å². The second-order valence-corrected chi connectivity index (χ2v) is 11.5. The Morgan fingerprint density at radius 1 is 0.833 bits per heavy atom. The lowest BCUT2D eigenvalue weighted by molar-refractivity contribution is 1.20. The highest BCUT2D eigenvalue weighted by molar-refractivity contribution is 7.29. The fourth-order valence-corrected chi connectivity index (χ4v) is 8.89. The average Bonchev–Trinajstić information content (AvgIpc) is 2.93. The van der Waals surface area contributed by atoms with Crippen LogP contribution in [-0.4, -0.2) is 8.07 Å². The summed E-state index contributed by atoms with van der Waals surface area (Å²) >= 11 is 2.03. The second-order valence-electron chi connectivity index (χ2n) is 4.87. The Bertz CT molecular complexity index is 475. The van der Waals surface area contributed by atoms with Crippen LogP contribution in [0.4, 0.5) is 0 Å². The summed E-state index contributed by atoms with van der Waals surface area (Å²) in [5, 5.41) is 0. The molecule has 96 valence electrons. The maximum atomic E-state index is 2.40. The SMILES string of the molecule is CC[Si](CC)(CC)c1ccc(-c2ccccc2)s1. The average molecular weight is 275 g/mol. The number of hydrogen-bond donors (Lipinski definition) is 0. The maximum Gasteiger partial charge on any atom is 0.0987 e. The highest BCUT2D eigenvalue weighted by Crippen LogP contribution is 2.29. The highest BCUT2D eigenvalue weighted by atomic mass is 32.1. The first kappa shape index (κ1) is 13.6. The van der Waals surface area contributed by atoms with Gasteiger partial charge < -0.3 is 0 Å². The Labute approximate surface area is 116 Å². The molecule has 2 rings (SSSR count). The van der Waals surface area contributed by atoms with Crippen molar-refractivity contribution < 1.29 is 0 Å². The van der Waals surface area contributed by atoms with Crippen LogP contribution in [-0.2, 0) is 0 Å². The van der Waals surface area contributed by atoms with Gasteiger partial charge in [-0.3, -0.25) is 0 Å². The summed E-state index contributed by atoms with van der Waals surface area (Å²) in [6, 6.07) is 19.6. The largest absolute Gasteiger partial charge is 0.145 e. The summed E-state index contributed by atoms with van der Waals surface area (Å²) in [4.78, 5) is 1.43. The second kappa shape index (κ2) is 5.85. The van der Waals surface area contributed by atoms with E-state index in [4.69, 9.17) is 0 Å². The fraction of sp³-hybridized carbons (Fsp3) is 0.375. The minimum atomic E-state index is -1.19. The van der Waals surface area contributed by atoms with Gasteiger partial charge in [0.15, 0.2) is 0 Å². The zero-order valence-electron chi connectivity index (χ0n) is 11.6. The van der Waals surface area contributed by atoms with Gasteiger partial charge in [-0.1, -0.05) is 75.3 Å². The van der Waals surface area contributed by atoms with Gasteiger partial charge in [0, 0.05) is 4.88 Å². The molecule has 1 aromatic heterocycles. The molecule has 0 spiro atoms. The molecule has 0 N–H and O–H groups in total. The molecule has 0 amide bonds. The maximum absolute atomic E-state index is 2.40. The van der Waals surface area contributed by atoms with Gasteiger partial charge in [-0.2, -0.15) is 0 Å². The third-order valence-electron chi connectivity index (χ3n) is 4.22. The van der Waals surface area contributed by atoms with Crippen LogP contribution in [0.3, 0.4) is 0 Å². The van der Waals surface area contributed by atoms with E-state index in [9.17, 15) is 0 Å². The Morgan fingerprint density at radius 2 is 1.44 bits per heavy atom. The van der Waals surface area contributed by atoms with Crippen molar-refractivity contribution in [2.24, 2.45) is 0 Å². The van der Waals surface area contributed by atoms with Crippen molar-refractivity contribution in [3.63, 3.8) is 0 Å². The van der Waals surface area contributed by atoms with Crippen LogP contribution in [0.25, 0.3) is 10.4 Å². The summed E-state index contributed by atoms with van der Waals surface area (Å²) in [7, 11) is -1.19. The Hall–Kier alpha value is -0.863. The number of hydrogen-bond acceptors (Lipinski definition) is 1. The van der Waals surface area contributed by atoms with E-state index in [-0.39, 0.29) is 0 Å². The first-order chi connectivity index (χ1) is 8.75. The lowest BCUT2D eigenvalue weighted by Crippen LogP contribution is -2.43. The smallest absolute Gasteiger partial charge is 0.0987 e. The molecule has 18 heavy (non-hydrogen) atoms. The van der Waals surface area contributed by atoms with Crippen molar-refractivity contribution in [1.29, 1.82) is 0 Å². The van der Waals surface area contributed by atoms with Crippen molar-refractivity contribution in [1.82, 2.24) is 0 Å². The van der Waals surface area contributed by atoms with E-state index >= 15 is 0 Å². The van der Waals surface area contributed by atoms with E-state index in [0.717, 1.165) is 0 Å². The third-order valence-corrected chi connectivity index (χ3v) is 12.0. The van der Waals surface area contributed by atoms with E-state index in [1.54, 1.807) is 4.50 Å². The van der Waals surface area contributed by atoms with Gasteiger partial charge in [0.2, 0.25) is 0 Å². The summed E-state index contributed by atoms with van der Waals surface area (Å²) < 4.78 is 1.69. The lowest BCUT2D eigenvalue weighted by atomic mass is 10.2. The minimum absolute atomic E-state index is 1.19. The zero-order chi connectivity index (χ0) is 13.0. The van der Waals surface area contributed by atoms with Gasteiger partial charge in [-0.15, -0.1) is 11.3 Å². The minimum Gasteiger partial charge on any atom is -0.145 e. The number of benzene rings is 1. The molecule has 2 heteroatoms. The monoisotopic (exact) mass is 274 g/mol. The van der Waals surface area contributed by atoms with Crippen LogP contribution >= 0.6 is 11.3 Å². The molecule has 0 bridgehead atoms. The predicted octanol–water partition coefficient (Wildman–Crippen LogP) is 5.13. The molecule has 0 nitrogen and oxygen atoms in total. The summed E-state index contributed by atoms with van der Waals surface area (Å²) in [6.45, 7) is 7.13. The molecule has 1 heterocycles. The van der Waals surface area contributed by atoms with E-state index in [1.807, 2.05) is 11.3 Å². The molecule has 0 fully saturated rings. The van der Waals surface area contributed by atoms with E-state index in [0.29, 0.717) is 0 Å². The van der Waals surface area contributed by atoms with Crippen molar-refractivity contribution in [3.05, 3.63) is 42.5 Å². The van der Waals surface area contributed by atoms with Gasteiger partial charge >= 0.3 is 0 Å². The predicted molar refractivity (Wildman–Crippen MR) is 86.6 cm³/mol.